The summed E-state index contributed by atoms with van der Waals surface area (Å²) >= 11 is 1.27. The number of carbonyl (C=O) groups is 1. The fourth-order valence-corrected chi connectivity index (χ4v) is 5.92. The number of nitrogens with two attached hydrogens (primary N) is 1. The first-order valence-electron chi connectivity index (χ1n) is 10.2. The van der Waals surface area contributed by atoms with Crippen molar-refractivity contribution in [1.29, 1.82) is 0 Å². The number of carbonyl (C=O) groups excluding carboxylic acids is 1. The molecule has 0 aliphatic carbocycles. The van der Waals surface area contributed by atoms with E-state index in [1.807, 2.05) is 45.9 Å². The van der Waals surface area contributed by atoms with Crippen molar-refractivity contribution in [2.75, 3.05) is 6.61 Å². The van der Waals surface area contributed by atoms with Gasteiger partial charge in [0.1, 0.15) is 16.6 Å². The van der Waals surface area contributed by atoms with Crippen molar-refractivity contribution < 1.29 is 17.9 Å². The number of rotatable bonds is 8. The van der Waals surface area contributed by atoms with Crippen LogP contribution in [0.3, 0.4) is 0 Å². The third-order valence-corrected chi connectivity index (χ3v) is 8.43. The van der Waals surface area contributed by atoms with E-state index in [0.717, 1.165) is 22.4 Å². The summed E-state index contributed by atoms with van der Waals surface area (Å²) in [6.45, 7) is 13.7. The molecule has 0 amide bonds. The maximum atomic E-state index is 12.1. The Hall–Kier alpha value is -1.70. The van der Waals surface area contributed by atoms with Crippen molar-refractivity contribution in [3.8, 4) is 5.75 Å². The number of thiophene rings is 1. The smallest absolute Gasteiger partial charge is 0.247 e. The summed E-state index contributed by atoms with van der Waals surface area (Å²) in [6.07, 6.45) is 0.878. The van der Waals surface area contributed by atoms with Gasteiger partial charge in [0, 0.05) is 10.3 Å². The van der Waals surface area contributed by atoms with Gasteiger partial charge in [0.2, 0.25) is 10.0 Å². The summed E-state index contributed by atoms with van der Waals surface area (Å²) in [5.74, 6) is 1.13. The summed E-state index contributed by atoms with van der Waals surface area (Å²) in [6, 6.07) is 7.97. The molecule has 2 unspecified atom stereocenters. The highest BCUT2D eigenvalue weighted by Crippen LogP contribution is 2.41. The molecule has 0 saturated heterocycles. The molecule has 0 fully saturated rings. The van der Waals surface area contributed by atoms with Crippen molar-refractivity contribution in [3.63, 3.8) is 0 Å². The summed E-state index contributed by atoms with van der Waals surface area (Å²) in [5.41, 5.74) is 2.40. The van der Waals surface area contributed by atoms with E-state index in [0.29, 0.717) is 11.3 Å². The van der Waals surface area contributed by atoms with Gasteiger partial charge >= 0.3 is 0 Å². The van der Waals surface area contributed by atoms with E-state index in [9.17, 15) is 13.2 Å². The van der Waals surface area contributed by atoms with Crippen LogP contribution in [0.4, 0.5) is 0 Å². The van der Waals surface area contributed by atoms with Crippen LogP contribution in [0.1, 0.15) is 74.4 Å². The van der Waals surface area contributed by atoms with Gasteiger partial charge in [0.25, 0.3) is 0 Å². The summed E-state index contributed by atoms with van der Waals surface area (Å²) in [7, 11) is -3.71. The van der Waals surface area contributed by atoms with Crippen molar-refractivity contribution in [2.24, 2.45) is 10.6 Å². The Balaban J connectivity index is 2.24. The normalized spacial score (nSPS) is 14.4. The first-order chi connectivity index (χ1) is 13.8. The first-order valence-corrected chi connectivity index (χ1v) is 12.5. The Morgan fingerprint density at radius 3 is 2.27 bits per heavy atom. The van der Waals surface area contributed by atoms with Gasteiger partial charge in [-0.3, -0.25) is 4.79 Å². The molecule has 1 aromatic heterocycles. The van der Waals surface area contributed by atoms with Crippen LogP contribution in [0, 0.1) is 19.3 Å². The van der Waals surface area contributed by atoms with Crippen molar-refractivity contribution in [1.82, 2.24) is 0 Å². The maximum absolute atomic E-state index is 12.1. The molecule has 2 rings (SSSR count). The zero-order valence-corrected chi connectivity index (χ0v) is 20.5. The Labute approximate surface area is 184 Å². The number of hydrogen-bond donors (Lipinski definition) is 1. The molecular formula is C23H33NO4S2. The van der Waals surface area contributed by atoms with Gasteiger partial charge in [-0.15, -0.1) is 11.3 Å². The number of hydrogen-bond acceptors (Lipinski definition) is 5. The van der Waals surface area contributed by atoms with Crippen LogP contribution in [-0.4, -0.2) is 20.8 Å². The Morgan fingerprint density at radius 2 is 1.80 bits per heavy atom. The standard InChI is InChI=1S/C23H33NO4S2/c1-8-18(20-12-15(3)22(29-20)30(24,26)27)16(4)17-9-10-19(14(2)11-17)28-13-21(25)23(5,6)7/h9-12,16,18H,8,13H2,1-7H3,(H2,24,26,27). The van der Waals surface area contributed by atoms with Crippen LogP contribution in [0.5, 0.6) is 5.75 Å². The molecule has 1 aromatic carbocycles. The quantitative estimate of drug-likeness (QED) is 0.590. The third kappa shape index (κ3) is 5.71. The van der Waals surface area contributed by atoms with Gasteiger partial charge in [0.05, 0.1) is 0 Å². The van der Waals surface area contributed by atoms with E-state index < -0.39 is 15.4 Å². The second-order valence-corrected chi connectivity index (χ2v) is 11.8. The zero-order chi connectivity index (χ0) is 22.9. The van der Waals surface area contributed by atoms with Gasteiger partial charge < -0.3 is 4.74 Å². The minimum Gasteiger partial charge on any atom is -0.486 e. The molecule has 1 heterocycles. The van der Waals surface area contributed by atoms with Crippen molar-refractivity contribution in [3.05, 3.63) is 45.8 Å². The Bertz CT molecular complexity index is 1020. The lowest BCUT2D eigenvalue weighted by atomic mass is 9.84. The number of ether oxygens (including phenoxy) is 1. The average Bonchev–Trinajstić information content (AvgIpc) is 3.01. The third-order valence-electron chi connectivity index (χ3n) is 5.48. The summed E-state index contributed by atoms with van der Waals surface area (Å²) in [5, 5.41) is 5.36. The molecule has 7 heteroatoms. The Kier molecular flexibility index (Phi) is 7.54. The minimum atomic E-state index is -3.71. The van der Waals surface area contributed by atoms with Crippen LogP contribution < -0.4 is 9.88 Å². The van der Waals surface area contributed by atoms with Gasteiger partial charge in [-0.25, -0.2) is 13.6 Å². The highest BCUT2D eigenvalue weighted by Gasteiger charge is 2.26. The second-order valence-electron chi connectivity index (χ2n) is 8.95. The zero-order valence-electron chi connectivity index (χ0n) is 18.9. The molecule has 0 bridgehead atoms. The molecule has 5 nitrogen and oxygen atoms in total. The molecule has 166 valence electrons. The lowest BCUT2D eigenvalue weighted by Gasteiger charge is -2.23. The SMILES string of the molecule is CCC(c1cc(C)c(S(N)(=O)=O)s1)C(C)c1ccc(OCC(=O)C(C)(C)C)c(C)c1. The molecule has 0 spiro atoms. The van der Waals surface area contributed by atoms with Crippen molar-refractivity contribution in [2.45, 2.75) is 70.9 Å². The van der Waals surface area contributed by atoms with E-state index >= 15 is 0 Å². The molecule has 2 atom stereocenters. The second kappa shape index (κ2) is 9.20. The van der Waals surface area contributed by atoms with Gasteiger partial charge in [-0.2, -0.15) is 0 Å². The molecule has 0 aliphatic rings. The molecular weight excluding hydrogens is 418 g/mol. The molecule has 2 aromatic rings. The summed E-state index contributed by atoms with van der Waals surface area (Å²) < 4.78 is 29.6. The summed E-state index contributed by atoms with van der Waals surface area (Å²) in [4.78, 5) is 13.2. The van der Waals surface area contributed by atoms with Crippen LogP contribution >= 0.6 is 11.3 Å². The minimum absolute atomic E-state index is 0.0572. The van der Waals surface area contributed by atoms with E-state index in [1.165, 1.54) is 11.3 Å². The molecule has 0 saturated carbocycles. The van der Waals surface area contributed by atoms with E-state index in [4.69, 9.17) is 9.88 Å². The van der Waals surface area contributed by atoms with Crippen molar-refractivity contribution >= 4 is 27.1 Å². The highest BCUT2D eigenvalue weighted by molar-refractivity contribution is 7.91. The average molecular weight is 452 g/mol. The molecule has 2 N–H and O–H groups in total. The predicted molar refractivity (Wildman–Crippen MR) is 123 cm³/mol. The lowest BCUT2D eigenvalue weighted by Crippen LogP contribution is -2.26. The topological polar surface area (TPSA) is 86.5 Å². The van der Waals surface area contributed by atoms with E-state index in [2.05, 4.69) is 19.9 Å². The van der Waals surface area contributed by atoms with Gasteiger partial charge in [-0.05, 0) is 60.9 Å². The van der Waals surface area contributed by atoms with Crippen LogP contribution in [0.2, 0.25) is 0 Å². The molecule has 30 heavy (non-hydrogen) atoms. The van der Waals surface area contributed by atoms with Crippen LogP contribution in [0.25, 0.3) is 0 Å². The largest absolute Gasteiger partial charge is 0.486 e. The number of aryl methyl sites for hydroxylation is 2. The number of primary sulfonamides is 1. The van der Waals surface area contributed by atoms with E-state index in [1.54, 1.807) is 6.92 Å². The number of sulfonamides is 1. The maximum Gasteiger partial charge on any atom is 0.247 e. The number of benzene rings is 1. The van der Waals surface area contributed by atoms with Crippen LogP contribution in [0.15, 0.2) is 28.5 Å². The predicted octanol–water partition coefficient (Wildman–Crippen LogP) is 5.30. The molecule has 0 radical (unpaired) electrons. The monoisotopic (exact) mass is 451 g/mol. The van der Waals surface area contributed by atoms with Gasteiger partial charge in [-0.1, -0.05) is 46.8 Å². The first kappa shape index (κ1) is 24.6. The fraction of sp³-hybridized carbons (Fsp3) is 0.522. The lowest BCUT2D eigenvalue weighted by molar-refractivity contribution is -0.128. The molecule has 0 aliphatic heterocycles. The fourth-order valence-electron chi connectivity index (χ4n) is 3.47. The highest BCUT2D eigenvalue weighted by atomic mass is 32.2. The number of ketones is 1. The van der Waals surface area contributed by atoms with Gasteiger partial charge in [0.15, 0.2) is 5.78 Å². The van der Waals surface area contributed by atoms with E-state index in [-0.39, 0.29) is 28.4 Å². The van der Waals surface area contributed by atoms with Crippen LogP contribution in [-0.2, 0) is 14.8 Å². The number of Topliss-reactive ketones (excluding diaryl/α,β-unsaturated/α-hetero) is 1. The Morgan fingerprint density at radius 1 is 1.17 bits per heavy atom.